The molecule has 2 rings (SSSR count). The van der Waals surface area contributed by atoms with Crippen molar-refractivity contribution in [2.75, 3.05) is 11.9 Å². The fourth-order valence-electron chi connectivity index (χ4n) is 2.20. The molecular weight excluding hydrogens is 384 g/mol. The molecule has 0 aliphatic heterocycles. The lowest BCUT2D eigenvalue weighted by atomic mass is 10.1. The minimum Gasteiger partial charge on any atom is -0.462 e. The van der Waals surface area contributed by atoms with Crippen molar-refractivity contribution < 1.29 is 14.3 Å². The van der Waals surface area contributed by atoms with E-state index >= 15 is 0 Å². The zero-order chi connectivity index (χ0) is 19.6. The quantitative estimate of drug-likeness (QED) is 0.408. The molecule has 0 fully saturated rings. The van der Waals surface area contributed by atoms with Crippen LogP contribution in [0.15, 0.2) is 48.5 Å². The Morgan fingerprint density at radius 1 is 1.07 bits per heavy atom. The van der Waals surface area contributed by atoms with E-state index in [-0.39, 0.29) is 23.4 Å². The first kappa shape index (κ1) is 20.9. The number of carbonyl (C=O) groups is 2. The molecule has 27 heavy (non-hydrogen) atoms. The second-order valence-electron chi connectivity index (χ2n) is 5.87. The summed E-state index contributed by atoms with van der Waals surface area (Å²) in [5.41, 5.74) is 1.97. The number of carbonyl (C=O) groups excluding carboxylic acids is 2. The molecule has 1 amide bonds. The van der Waals surface area contributed by atoms with Gasteiger partial charge in [0.05, 0.1) is 18.6 Å². The molecule has 7 heteroatoms. The van der Waals surface area contributed by atoms with Crippen LogP contribution in [0.2, 0.25) is 5.02 Å². The smallest absolute Gasteiger partial charge is 0.338 e. The number of hydrogen-bond donors (Lipinski definition) is 2. The number of thiocarbonyl (C=S) groups is 1. The van der Waals surface area contributed by atoms with Crippen molar-refractivity contribution in [1.29, 1.82) is 0 Å². The van der Waals surface area contributed by atoms with Gasteiger partial charge in [0.25, 0.3) is 0 Å². The van der Waals surface area contributed by atoms with Crippen LogP contribution in [0.1, 0.15) is 35.7 Å². The summed E-state index contributed by atoms with van der Waals surface area (Å²) in [6.07, 6.45) is 2.01. The van der Waals surface area contributed by atoms with E-state index in [1.165, 1.54) is 0 Å². The van der Waals surface area contributed by atoms with Crippen molar-refractivity contribution in [1.82, 2.24) is 5.32 Å². The Morgan fingerprint density at radius 3 is 2.37 bits per heavy atom. The van der Waals surface area contributed by atoms with Gasteiger partial charge in [-0.05, 0) is 60.6 Å². The lowest BCUT2D eigenvalue weighted by Gasteiger charge is -2.10. The van der Waals surface area contributed by atoms with Gasteiger partial charge in [-0.3, -0.25) is 4.79 Å². The van der Waals surface area contributed by atoms with Crippen LogP contribution in [0.3, 0.4) is 0 Å². The average Bonchev–Trinajstić information content (AvgIpc) is 2.64. The van der Waals surface area contributed by atoms with Crippen LogP contribution in [0, 0.1) is 0 Å². The van der Waals surface area contributed by atoms with E-state index in [1.54, 1.807) is 48.5 Å². The number of nitrogens with one attached hydrogen (secondary N) is 2. The Labute approximate surface area is 169 Å². The van der Waals surface area contributed by atoms with Crippen LogP contribution in [-0.2, 0) is 16.0 Å². The van der Waals surface area contributed by atoms with Crippen LogP contribution >= 0.6 is 23.8 Å². The van der Waals surface area contributed by atoms with Crippen LogP contribution in [0.25, 0.3) is 0 Å². The second kappa shape index (κ2) is 10.6. The lowest BCUT2D eigenvalue weighted by molar-refractivity contribution is -0.119. The van der Waals surface area contributed by atoms with Gasteiger partial charge in [-0.25, -0.2) is 4.79 Å². The third kappa shape index (κ3) is 7.37. The van der Waals surface area contributed by atoms with Crippen LogP contribution in [0.5, 0.6) is 0 Å². The summed E-state index contributed by atoms with van der Waals surface area (Å²) in [4.78, 5) is 23.9. The highest BCUT2D eigenvalue weighted by molar-refractivity contribution is 7.80. The van der Waals surface area contributed by atoms with Gasteiger partial charge in [0.1, 0.15) is 0 Å². The van der Waals surface area contributed by atoms with E-state index in [2.05, 4.69) is 10.6 Å². The summed E-state index contributed by atoms with van der Waals surface area (Å²) in [7, 11) is 0. The molecule has 2 aromatic carbocycles. The van der Waals surface area contributed by atoms with Crippen molar-refractivity contribution in [2.24, 2.45) is 0 Å². The van der Waals surface area contributed by atoms with Gasteiger partial charge in [-0.2, -0.15) is 0 Å². The summed E-state index contributed by atoms with van der Waals surface area (Å²) < 4.78 is 5.16. The van der Waals surface area contributed by atoms with E-state index in [0.29, 0.717) is 22.9 Å². The molecule has 2 N–H and O–H groups in total. The summed E-state index contributed by atoms with van der Waals surface area (Å²) in [6, 6.07) is 13.7. The molecule has 0 atom stereocenters. The van der Waals surface area contributed by atoms with E-state index in [4.69, 9.17) is 28.6 Å². The summed E-state index contributed by atoms with van der Waals surface area (Å²) >= 11 is 11.0. The molecule has 5 nitrogen and oxygen atoms in total. The van der Waals surface area contributed by atoms with Crippen molar-refractivity contribution in [3.05, 3.63) is 64.7 Å². The SMILES string of the molecule is CCCCOC(=O)c1ccc(NC(=S)NC(=O)Cc2ccc(Cl)cc2)cc1. The maximum Gasteiger partial charge on any atom is 0.338 e. The number of rotatable bonds is 7. The Morgan fingerprint density at radius 2 is 1.74 bits per heavy atom. The third-order valence-corrected chi connectivity index (χ3v) is 4.10. The number of anilines is 1. The van der Waals surface area contributed by atoms with Crippen molar-refractivity contribution in [2.45, 2.75) is 26.2 Å². The highest BCUT2D eigenvalue weighted by Gasteiger charge is 2.09. The van der Waals surface area contributed by atoms with E-state index < -0.39 is 0 Å². The van der Waals surface area contributed by atoms with E-state index in [9.17, 15) is 9.59 Å². The fourth-order valence-corrected chi connectivity index (χ4v) is 2.56. The topological polar surface area (TPSA) is 67.4 Å². The number of esters is 1. The summed E-state index contributed by atoms with van der Waals surface area (Å²) in [5, 5.41) is 6.34. The van der Waals surface area contributed by atoms with Gasteiger partial charge in [0, 0.05) is 10.7 Å². The van der Waals surface area contributed by atoms with Crippen molar-refractivity contribution in [3.8, 4) is 0 Å². The van der Waals surface area contributed by atoms with E-state index in [0.717, 1.165) is 18.4 Å². The van der Waals surface area contributed by atoms with Gasteiger partial charge >= 0.3 is 5.97 Å². The average molecular weight is 405 g/mol. The Bertz CT molecular complexity index is 792. The highest BCUT2D eigenvalue weighted by atomic mass is 35.5. The first-order chi connectivity index (χ1) is 13.0. The maximum atomic E-state index is 12.0. The normalized spacial score (nSPS) is 10.1. The number of benzene rings is 2. The molecule has 142 valence electrons. The Balaban J connectivity index is 1.81. The standard InChI is InChI=1S/C20H21ClN2O3S/c1-2-3-12-26-19(25)15-6-10-17(11-7-15)22-20(27)23-18(24)13-14-4-8-16(21)9-5-14/h4-11H,2-3,12-13H2,1H3,(H2,22,23,24,27). The van der Waals surface area contributed by atoms with Crippen molar-refractivity contribution in [3.63, 3.8) is 0 Å². The van der Waals surface area contributed by atoms with Gasteiger partial charge in [0.15, 0.2) is 5.11 Å². The van der Waals surface area contributed by atoms with Gasteiger partial charge in [0.2, 0.25) is 5.91 Å². The van der Waals surface area contributed by atoms with E-state index in [1.807, 2.05) is 6.92 Å². The molecule has 0 heterocycles. The monoisotopic (exact) mass is 404 g/mol. The van der Waals surface area contributed by atoms with Gasteiger partial charge < -0.3 is 15.4 Å². The molecule has 0 saturated heterocycles. The zero-order valence-electron chi connectivity index (χ0n) is 15.0. The molecule has 0 saturated carbocycles. The molecule has 2 aromatic rings. The predicted octanol–water partition coefficient (Wildman–Crippen LogP) is 4.35. The molecular formula is C20H21ClN2O3S. The Kier molecular flexibility index (Phi) is 8.23. The number of hydrogen-bond acceptors (Lipinski definition) is 4. The van der Waals surface area contributed by atoms with Crippen LogP contribution < -0.4 is 10.6 Å². The molecule has 0 aliphatic carbocycles. The molecule has 0 spiro atoms. The number of unbranched alkanes of at least 4 members (excludes halogenated alkanes) is 1. The molecule has 0 aliphatic rings. The zero-order valence-corrected chi connectivity index (χ0v) is 16.5. The first-order valence-corrected chi connectivity index (χ1v) is 9.39. The van der Waals surface area contributed by atoms with Crippen LogP contribution in [-0.4, -0.2) is 23.6 Å². The fraction of sp³-hybridized carbons (Fsp3) is 0.250. The molecule has 0 aromatic heterocycles. The van der Waals surface area contributed by atoms with Gasteiger partial charge in [-0.1, -0.05) is 37.1 Å². The Hall–Kier alpha value is -2.44. The van der Waals surface area contributed by atoms with Crippen molar-refractivity contribution >= 4 is 46.5 Å². The van der Waals surface area contributed by atoms with Crippen LogP contribution in [0.4, 0.5) is 5.69 Å². The third-order valence-electron chi connectivity index (χ3n) is 3.64. The molecule has 0 radical (unpaired) electrons. The largest absolute Gasteiger partial charge is 0.462 e. The summed E-state index contributed by atoms with van der Waals surface area (Å²) in [5.74, 6) is -0.584. The van der Waals surface area contributed by atoms with Gasteiger partial charge in [-0.15, -0.1) is 0 Å². The number of amides is 1. The predicted molar refractivity (Wildman–Crippen MR) is 111 cm³/mol. The minimum atomic E-state index is -0.353. The number of halogens is 1. The summed E-state index contributed by atoms with van der Waals surface area (Å²) in [6.45, 7) is 2.45. The highest BCUT2D eigenvalue weighted by Crippen LogP contribution is 2.12. The molecule has 0 unspecified atom stereocenters. The second-order valence-corrected chi connectivity index (χ2v) is 6.72. The first-order valence-electron chi connectivity index (χ1n) is 8.60. The maximum absolute atomic E-state index is 12.0. The molecule has 0 bridgehead atoms. The number of ether oxygens (including phenoxy) is 1. The minimum absolute atomic E-state index is 0.187. The lowest BCUT2D eigenvalue weighted by Crippen LogP contribution is -2.35.